The van der Waals surface area contributed by atoms with E-state index >= 15 is 0 Å². The molecule has 1 unspecified atom stereocenters. The van der Waals surface area contributed by atoms with Gasteiger partial charge in [0, 0.05) is 17.6 Å². The summed E-state index contributed by atoms with van der Waals surface area (Å²) in [7, 11) is 0. The molecule has 0 saturated carbocycles. The van der Waals surface area contributed by atoms with E-state index in [1.54, 1.807) is 17.5 Å². The molecule has 2 rings (SSSR count). The Morgan fingerprint density at radius 3 is 3.07 bits per heavy atom. The maximum absolute atomic E-state index is 10.1. The molecule has 2 aromatic heterocycles. The molecule has 0 spiro atoms. The summed E-state index contributed by atoms with van der Waals surface area (Å²) in [5, 5.41) is 16.3. The smallest absolute Gasteiger partial charge is 0.130 e. The highest BCUT2D eigenvalue weighted by atomic mass is 32.1. The van der Waals surface area contributed by atoms with Crippen LogP contribution in [0.3, 0.4) is 0 Å². The lowest BCUT2D eigenvalue weighted by Gasteiger charge is -2.11. The van der Waals surface area contributed by atoms with E-state index in [0.29, 0.717) is 0 Å². The lowest BCUT2D eigenvalue weighted by atomic mass is 10.2. The molecule has 0 aliphatic rings. The van der Waals surface area contributed by atoms with Crippen LogP contribution >= 0.6 is 11.3 Å². The van der Waals surface area contributed by atoms with Crippen LogP contribution in [0.5, 0.6) is 0 Å². The van der Waals surface area contributed by atoms with Crippen molar-refractivity contribution in [3.8, 4) is 0 Å². The lowest BCUT2D eigenvalue weighted by molar-refractivity contribution is 0.211. The third kappa shape index (κ3) is 2.11. The third-order valence-electron chi connectivity index (χ3n) is 2.28. The van der Waals surface area contributed by atoms with Crippen molar-refractivity contribution >= 4 is 11.3 Å². The summed E-state index contributed by atoms with van der Waals surface area (Å²) in [6.45, 7) is 2.95. The molecule has 1 N–H and O–H groups in total. The van der Waals surface area contributed by atoms with Crippen LogP contribution < -0.4 is 0 Å². The van der Waals surface area contributed by atoms with Crippen molar-refractivity contribution in [3.05, 3.63) is 40.3 Å². The van der Waals surface area contributed by atoms with Gasteiger partial charge in [-0.15, -0.1) is 11.3 Å². The molecule has 4 heteroatoms. The molecule has 0 amide bonds. The second-order valence-corrected chi connectivity index (χ2v) is 4.38. The van der Waals surface area contributed by atoms with Gasteiger partial charge in [0.2, 0.25) is 0 Å². The van der Waals surface area contributed by atoms with Crippen LogP contribution in [0.1, 0.15) is 30.0 Å². The molecular weight excluding hydrogens is 208 g/mol. The number of aryl methyl sites for hydroxylation is 1. The summed E-state index contributed by atoms with van der Waals surface area (Å²) < 4.78 is 1.87. The van der Waals surface area contributed by atoms with Gasteiger partial charge in [0.25, 0.3) is 0 Å². The number of nitrogens with zero attached hydrogens (tertiary/aromatic N) is 2. The van der Waals surface area contributed by atoms with Crippen molar-refractivity contribution in [2.24, 2.45) is 0 Å². The number of rotatable bonds is 4. The topological polar surface area (TPSA) is 38.0 Å². The van der Waals surface area contributed by atoms with E-state index in [0.717, 1.165) is 23.5 Å². The second kappa shape index (κ2) is 4.59. The minimum absolute atomic E-state index is 0.543. The van der Waals surface area contributed by atoms with Crippen LogP contribution in [-0.2, 0) is 6.54 Å². The van der Waals surface area contributed by atoms with E-state index in [4.69, 9.17) is 0 Å². The van der Waals surface area contributed by atoms with Crippen molar-refractivity contribution in [1.29, 1.82) is 0 Å². The van der Waals surface area contributed by atoms with Gasteiger partial charge in [0.15, 0.2) is 0 Å². The SMILES string of the molecule is CCCn1nccc1C(O)c1cccs1. The highest BCUT2D eigenvalue weighted by Gasteiger charge is 2.15. The first-order valence-electron chi connectivity index (χ1n) is 5.06. The molecule has 0 bridgehead atoms. The first kappa shape index (κ1) is 10.4. The summed E-state index contributed by atoms with van der Waals surface area (Å²) in [5.41, 5.74) is 0.874. The molecule has 3 nitrogen and oxygen atoms in total. The first-order chi connectivity index (χ1) is 7.33. The normalized spacial score (nSPS) is 12.9. The van der Waals surface area contributed by atoms with Gasteiger partial charge < -0.3 is 5.11 Å². The molecular formula is C11H14N2OS. The number of aliphatic hydroxyl groups is 1. The standard InChI is InChI=1S/C11H14N2OS/c1-2-7-13-9(5-6-12-13)11(14)10-4-3-8-15-10/h3-6,8,11,14H,2,7H2,1H3. The quantitative estimate of drug-likeness (QED) is 0.862. The van der Waals surface area contributed by atoms with Crippen LogP contribution in [0.4, 0.5) is 0 Å². The van der Waals surface area contributed by atoms with Crippen molar-refractivity contribution < 1.29 is 5.11 Å². The van der Waals surface area contributed by atoms with Crippen LogP contribution in [-0.4, -0.2) is 14.9 Å². The molecule has 0 fully saturated rings. The molecule has 2 aromatic rings. The summed E-state index contributed by atoms with van der Waals surface area (Å²) in [5.74, 6) is 0. The summed E-state index contributed by atoms with van der Waals surface area (Å²) >= 11 is 1.56. The average Bonchev–Trinajstić information content (AvgIpc) is 2.87. The lowest BCUT2D eigenvalue weighted by Crippen LogP contribution is -2.09. The van der Waals surface area contributed by atoms with Crippen LogP contribution in [0.2, 0.25) is 0 Å². The number of aromatic nitrogens is 2. The van der Waals surface area contributed by atoms with Gasteiger partial charge in [-0.2, -0.15) is 5.10 Å². The number of aliphatic hydroxyl groups excluding tert-OH is 1. The monoisotopic (exact) mass is 222 g/mol. The molecule has 1 atom stereocenters. The molecule has 80 valence electrons. The Morgan fingerprint density at radius 1 is 1.53 bits per heavy atom. The summed E-state index contributed by atoms with van der Waals surface area (Å²) in [4.78, 5) is 0.966. The fourth-order valence-corrected chi connectivity index (χ4v) is 2.29. The fraction of sp³-hybridized carbons (Fsp3) is 0.364. The number of hydrogen-bond donors (Lipinski definition) is 1. The largest absolute Gasteiger partial charge is 0.381 e. The van der Waals surface area contributed by atoms with E-state index in [1.165, 1.54) is 0 Å². The van der Waals surface area contributed by atoms with Gasteiger partial charge in [0.05, 0.1) is 5.69 Å². The maximum Gasteiger partial charge on any atom is 0.130 e. The van der Waals surface area contributed by atoms with Gasteiger partial charge in [0.1, 0.15) is 6.10 Å². The minimum Gasteiger partial charge on any atom is -0.381 e. The Kier molecular flexibility index (Phi) is 3.18. The summed E-state index contributed by atoms with van der Waals surface area (Å²) in [6.07, 6.45) is 2.22. The molecule has 0 saturated heterocycles. The zero-order valence-electron chi connectivity index (χ0n) is 8.63. The van der Waals surface area contributed by atoms with Gasteiger partial charge in [-0.05, 0) is 23.9 Å². The molecule has 2 heterocycles. The zero-order valence-corrected chi connectivity index (χ0v) is 9.44. The maximum atomic E-state index is 10.1. The molecule has 0 radical (unpaired) electrons. The molecule has 15 heavy (non-hydrogen) atoms. The van der Waals surface area contributed by atoms with Crippen molar-refractivity contribution in [2.45, 2.75) is 26.0 Å². The second-order valence-electron chi connectivity index (χ2n) is 3.40. The minimum atomic E-state index is -0.543. The highest BCUT2D eigenvalue weighted by Crippen LogP contribution is 2.25. The Morgan fingerprint density at radius 2 is 2.40 bits per heavy atom. The van der Waals surface area contributed by atoms with Crippen LogP contribution in [0.15, 0.2) is 29.8 Å². The predicted octanol–water partition coefficient (Wildman–Crippen LogP) is 2.44. The Balaban J connectivity index is 2.25. The Hall–Kier alpha value is -1.13. The van der Waals surface area contributed by atoms with Crippen molar-refractivity contribution in [1.82, 2.24) is 9.78 Å². The van der Waals surface area contributed by atoms with Gasteiger partial charge >= 0.3 is 0 Å². The Labute approximate surface area is 93.0 Å². The van der Waals surface area contributed by atoms with Gasteiger partial charge in [-0.25, -0.2) is 0 Å². The molecule has 0 aliphatic heterocycles. The zero-order chi connectivity index (χ0) is 10.7. The van der Waals surface area contributed by atoms with Crippen molar-refractivity contribution in [3.63, 3.8) is 0 Å². The van der Waals surface area contributed by atoms with Crippen LogP contribution in [0, 0.1) is 0 Å². The Bertz CT molecular complexity index is 408. The number of hydrogen-bond acceptors (Lipinski definition) is 3. The average molecular weight is 222 g/mol. The van der Waals surface area contributed by atoms with Crippen molar-refractivity contribution in [2.75, 3.05) is 0 Å². The van der Waals surface area contributed by atoms with E-state index in [1.807, 2.05) is 28.3 Å². The molecule has 0 aliphatic carbocycles. The van der Waals surface area contributed by atoms with Crippen LogP contribution in [0.25, 0.3) is 0 Å². The third-order valence-corrected chi connectivity index (χ3v) is 3.20. The van der Waals surface area contributed by atoms with E-state index in [2.05, 4.69) is 12.0 Å². The fourth-order valence-electron chi connectivity index (χ4n) is 1.57. The summed E-state index contributed by atoms with van der Waals surface area (Å²) in [6, 6.07) is 5.77. The van der Waals surface area contributed by atoms with Gasteiger partial charge in [-0.1, -0.05) is 13.0 Å². The van der Waals surface area contributed by atoms with E-state index in [9.17, 15) is 5.11 Å². The first-order valence-corrected chi connectivity index (χ1v) is 5.94. The highest BCUT2D eigenvalue weighted by molar-refractivity contribution is 7.10. The van der Waals surface area contributed by atoms with E-state index in [-0.39, 0.29) is 0 Å². The van der Waals surface area contributed by atoms with E-state index < -0.39 is 6.10 Å². The van der Waals surface area contributed by atoms with Gasteiger partial charge in [-0.3, -0.25) is 4.68 Å². The predicted molar refractivity (Wildman–Crippen MR) is 60.9 cm³/mol. The molecule has 0 aromatic carbocycles. The number of thiophene rings is 1.